The molecule has 114 valence electrons. The zero-order valence-corrected chi connectivity index (χ0v) is 13.9. The SMILES string of the molecule is Cc1cc(Cl)c(N)cc1S(=O)(=O)N(C)CCCN(C)C. The average Bonchev–Trinajstić information content (AvgIpc) is 2.32. The third kappa shape index (κ3) is 4.09. The second-order valence-corrected chi connectivity index (χ2v) is 7.54. The molecular weight excluding hydrogens is 298 g/mol. The molecule has 7 heteroatoms. The lowest BCUT2D eigenvalue weighted by atomic mass is 10.2. The van der Waals surface area contributed by atoms with Crippen LogP contribution in [0.3, 0.4) is 0 Å². The molecule has 1 rings (SSSR count). The van der Waals surface area contributed by atoms with Crippen LogP contribution in [-0.2, 0) is 10.0 Å². The molecule has 0 bridgehead atoms. The van der Waals surface area contributed by atoms with Crippen molar-refractivity contribution in [2.75, 3.05) is 40.0 Å². The Kier molecular flexibility index (Phi) is 5.82. The number of anilines is 1. The van der Waals surface area contributed by atoms with Crippen molar-refractivity contribution in [1.29, 1.82) is 0 Å². The largest absolute Gasteiger partial charge is 0.397 e. The first kappa shape index (κ1) is 17.2. The molecule has 0 radical (unpaired) electrons. The third-order valence-electron chi connectivity index (χ3n) is 3.06. The Morgan fingerprint density at radius 1 is 1.20 bits per heavy atom. The van der Waals surface area contributed by atoms with E-state index in [-0.39, 0.29) is 10.6 Å². The van der Waals surface area contributed by atoms with E-state index in [1.54, 1.807) is 20.0 Å². The molecule has 1 aromatic carbocycles. The number of hydrogen-bond donors (Lipinski definition) is 1. The summed E-state index contributed by atoms with van der Waals surface area (Å²) in [4.78, 5) is 2.23. The van der Waals surface area contributed by atoms with E-state index in [0.29, 0.717) is 17.1 Å². The number of nitrogen functional groups attached to an aromatic ring is 1. The fourth-order valence-electron chi connectivity index (χ4n) is 1.84. The lowest BCUT2D eigenvalue weighted by molar-refractivity contribution is 0.370. The molecule has 1 aromatic rings. The summed E-state index contributed by atoms with van der Waals surface area (Å²) >= 11 is 5.90. The Morgan fingerprint density at radius 3 is 2.35 bits per heavy atom. The third-order valence-corrected chi connectivity index (χ3v) is 5.39. The first-order valence-electron chi connectivity index (χ1n) is 6.33. The zero-order valence-electron chi connectivity index (χ0n) is 12.4. The number of sulfonamides is 1. The number of nitrogens with zero attached hydrogens (tertiary/aromatic N) is 2. The van der Waals surface area contributed by atoms with E-state index in [9.17, 15) is 8.42 Å². The van der Waals surface area contributed by atoms with Crippen molar-refractivity contribution in [3.8, 4) is 0 Å². The molecule has 0 atom stereocenters. The zero-order chi connectivity index (χ0) is 15.5. The van der Waals surface area contributed by atoms with E-state index in [1.807, 2.05) is 19.0 Å². The Labute approximate surface area is 126 Å². The van der Waals surface area contributed by atoms with Crippen LogP contribution in [0.2, 0.25) is 5.02 Å². The molecule has 0 amide bonds. The molecule has 0 aromatic heterocycles. The van der Waals surface area contributed by atoms with Gasteiger partial charge < -0.3 is 10.6 Å². The van der Waals surface area contributed by atoms with Crippen LogP contribution in [0.5, 0.6) is 0 Å². The van der Waals surface area contributed by atoms with Gasteiger partial charge in [0.1, 0.15) is 0 Å². The summed E-state index contributed by atoms with van der Waals surface area (Å²) in [5.74, 6) is 0. The number of halogens is 1. The van der Waals surface area contributed by atoms with Gasteiger partial charge in [-0.05, 0) is 51.7 Å². The van der Waals surface area contributed by atoms with Gasteiger partial charge in [0.2, 0.25) is 10.0 Å². The normalized spacial score (nSPS) is 12.3. The first-order chi connectivity index (χ1) is 9.16. The molecule has 0 fully saturated rings. The minimum atomic E-state index is -3.53. The van der Waals surface area contributed by atoms with Gasteiger partial charge in [0.05, 0.1) is 15.6 Å². The number of hydrogen-bond acceptors (Lipinski definition) is 4. The predicted octanol–water partition coefficient (Wildman–Crippen LogP) is 1.80. The smallest absolute Gasteiger partial charge is 0.243 e. The van der Waals surface area contributed by atoms with E-state index in [1.165, 1.54) is 10.4 Å². The van der Waals surface area contributed by atoms with Crippen LogP contribution in [0.1, 0.15) is 12.0 Å². The van der Waals surface area contributed by atoms with Gasteiger partial charge in [0.15, 0.2) is 0 Å². The van der Waals surface area contributed by atoms with Crippen molar-refractivity contribution in [1.82, 2.24) is 9.21 Å². The average molecular weight is 320 g/mol. The highest BCUT2D eigenvalue weighted by molar-refractivity contribution is 7.89. The fraction of sp³-hybridized carbons (Fsp3) is 0.538. The molecule has 0 aliphatic rings. The number of aryl methyl sites for hydroxylation is 1. The maximum atomic E-state index is 12.5. The molecule has 0 saturated carbocycles. The molecule has 0 aliphatic carbocycles. The van der Waals surface area contributed by atoms with Crippen molar-refractivity contribution in [3.05, 3.63) is 22.7 Å². The molecule has 0 unspecified atom stereocenters. The Hall–Kier alpha value is -0.820. The van der Waals surface area contributed by atoms with Crippen LogP contribution in [-0.4, -0.2) is 51.9 Å². The second-order valence-electron chi connectivity index (χ2n) is 5.12. The van der Waals surface area contributed by atoms with Gasteiger partial charge in [0, 0.05) is 13.6 Å². The van der Waals surface area contributed by atoms with Gasteiger partial charge >= 0.3 is 0 Å². The summed E-state index contributed by atoms with van der Waals surface area (Å²) in [6.45, 7) is 3.01. The highest BCUT2D eigenvalue weighted by atomic mass is 35.5. The highest BCUT2D eigenvalue weighted by Gasteiger charge is 2.23. The molecule has 0 heterocycles. The molecule has 2 N–H and O–H groups in total. The van der Waals surface area contributed by atoms with E-state index in [0.717, 1.165) is 13.0 Å². The van der Waals surface area contributed by atoms with Crippen molar-refractivity contribution in [3.63, 3.8) is 0 Å². The van der Waals surface area contributed by atoms with Crippen molar-refractivity contribution < 1.29 is 8.42 Å². The van der Waals surface area contributed by atoms with Gasteiger partial charge in [-0.15, -0.1) is 0 Å². The van der Waals surface area contributed by atoms with Crippen molar-refractivity contribution in [2.24, 2.45) is 0 Å². The monoisotopic (exact) mass is 319 g/mol. The summed E-state index contributed by atoms with van der Waals surface area (Å²) in [6.07, 6.45) is 0.769. The minimum Gasteiger partial charge on any atom is -0.397 e. The van der Waals surface area contributed by atoms with Crippen molar-refractivity contribution >= 4 is 27.3 Å². The van der Waals surface area contributed by atoms with Gasteiger partial charge in [0.25, 0.3) is 0 Å². The maximum absolute atomic E-state index is 12.5. The molecule has 0 spiro atoms. The van der Waals surface area contributed by atoms with Gasteiger partial charge in [-0.3, -0.25) is 0 Å². The van der Waals surface area contributed by atoms with E-state index >= 15 is 0 Å². The van der Waals surface area contributed by atoms with E-state index in [2.05, 4.69) is 0 Å². The molecule has 5 nitrogen and oxygen atoms in total. The van der Waals surface area contributed by atoms with E-state index < -0.39 is 10.0 Å². The second kappa shape index (κ2) is 6.76. The lowest BCUT2D eigenvalue weighted by Gasteiger charge is -2.20. The Balaban J connectivity index is 2.96. The van der Waals surface area contributed by atoms with Crippen LogP contribution >= 0.6 is 11.6 Å². The maximum Gasteiger partial charge on any atom is 0.243 e. The molecule has 0 saturated heterocycles. The molecule has 20 heavy (non-hydrogen) atoms. The lowest BCUT2D eigenvalue weighted by Crippen LogP contribution is -2.30. The molecule has 0 aliphatic heterocycles. The summed E-state index contributed by atoms with van der Waals surface area (Å²) < 4.78 is 26.4. The first-order valence-corrected chi connectivity index (χ1v) is 8.14. The Bertz CT molecular complexity index is 573. The van der Waals surface area contributed by atoms with Crippen LogP contribution < -0.4 is 5.73 Å². The summed E-state index contributed by atoms with van der Waals surface area (Å²) in [5, 5.41) is 0.372. The van der Waals surface area contributed by atoms with Crippen molar-refractivity contribution in [2.45, 2.75) is 18.2 Å². The quantitative estimate of drug-likeness (QED) is 0.812. The van der Waals surface area contributed by atoms with Crippen LogP contribution in [0, 0.1) is 6.92 Å². The van der Waals surface area contributed by atoms with E-state index in [4.69, 9.17) is 17.3 Å². The van der Waals surface area contributed by atoms with Gasteiger partial charge in [-0.1, -0.05) is 11.6 Å². The number of nitrogens with two attached hydrogens (primary N) is 1. The van der Waals surface area contributed by atoms with Crippen LogP contribution in [0.4, 0.5) is 5.69 Å². The fourth-order valence-corrected chi connectivity index (χ4v) is 3.51. The van der Waals surface area contributed by atoms with Gasteiger partial charge in [-0.25, -0.2) is 12.7 Å². The highest BCUT2D eigenvalue weighted by Crippen LogP contribution is 2.27. The minimum absolute atomic E-state index is 0.215. The summed E-state index contributed by atoms with van der Waals surface area (Å²) in [5.41, 5.74) is 6.58. The summed E-state index contributed by atoms with van der Waals surface area (Å²) in [7, 11) is 1.96. The predicted molar refractivity (Wildman–Crippen MR) is 83.6 cm³/mol. The topological polar surface area (TPSA) is 66.6 Å². The number of benzene rings is 1. The van der Waals surface area contributed by atoms with Gasteiger partial charge in [-0.2, -0.15) is 0 Å². The number of rotatable bonds is 6. The standard InChI is InChI=1S/C13H22ClN3O2S/c1-10-8-11(14)12(15)9-13(10)20(18,19)17(4)7-5-6-16(2)3/h8-9H,5-7,15H2,1-4H3. The van der Waals surface area contributed by atoms with Crippen LogP contribution in [0.15, 0.2) is 17.0 Å². The molecular formula is C13H22ClN3O2S. The Morgan fingerprint density at radius 2 is 1.80 bits per heavy atom. The van der Waals surface area contributed by atoms with Crippen LogP contribution in [0.25, 0.3) is 0 Å². The summed E-state index contributed by atoms with van der Waals surface area (Å²) in [6, 6.07) is 3.01.